The Hall–Kier alpha value is -1.23. The molecular formula is C10H11BrO4. The van der Waals surface area contributed by atoms with Crippen molar-refractivity contribution in [1.82, 2.24) is 0 Å². The third-order valence-electron chi connectivity index (χ3n) is 1.94. The number of carbonyl (C=O) groups excluding carboxylic acids is 1. The molecule has 1 aromatic rings. The van der Waals surface area contributed by atoms with Gasteiger partial charge in [-0.2, -0.15) is 0 Å². The molecule has 0 saturated heterocycles. The Morgan fingerprint density at radius 3 is 2.60 bits per heavy atom. The minimum atomic E-state index is -0.604. The van der Waals surface area contributed by atoms with E-state index in [1.54, 1.807) is 13.8 Å². The fourth-order valence-electron chi connectivity index (χ4n) is 1.22. The molecule has 0 unspecified atom stereocenters. The molecule has 0 fully saturated rings. The van der Waals surface area contributed by atoms with Gasteiger partial charge in [0.15, 0.2) is 0 Å². The molecule has 0 aromatic heterocycles. The van der Waals surface area contributed by atoms with Crippen molar-refractivity contribution in [3.05, 3.63) is 21.7 Å². The number of halogens is 1. The van der Waals surface area contributed by atoms with E-state index < -0.39 is 5.97 Å². The smallest absolute Gasteiger partial charge is 0.342 e. The molecule has 82 valence electrons. The minimum Gasteiger partial charge on any atom is -0.507 e. The Bertz CT molecular complexity index is 401. The molecule has 0 amide bonds. The first-order valence-corrected chi connectivity index (χ1v) is 5.16. The van der Waals surface area contributed by atoms with Crippen molar-refractivity contribution < 1.29 is 19.7 Å². The van der Waals surface area contributed by atoms with Crippen LogP contribution in [0.2, 0.25) is 0 Å². The number of phenols is 2. The molecule has 0 radical (unpaired) electrons. The van der Waals surface area contributed by atoms with Crippen LogP contribution >= 0.6 is 15.9 Å². The van der Waals surface area contributed by atoms with E-state index >= 15 is 0 Å². The van der Waals surface area contributed by atoms with Crippen LogP contribution in [0.25, 0.3) is 0 Å². The summed E-state index contributed by atoms with van der Waals surface area (Å²) in [4.78, 5) is 11.5. The average Bonchev–Trinajstić information content (AvgIpc) is 2.15. The third-order valence-corrected chi connectivity index (χ3v) is 2.94. The monoisotopic (exact) mass is 274 g/mol. The molecule has 0 spiro atoms. The van der Waals surface area contributed by atoms with Crippen molar-refractivity contribution in [2.45, 2.75) is 13.8 Å². The van der Waals surface area contributed by atoms with E-state index in [-0.39, 0.29) is 23.7 Å². The summed E-state index contributed by atoms with van der Waals surface area (Å²) < 4.78 is 5.16. The molecule has 0 saturated carbocycles. The number of hydrogen-bond donors (Lipinski definition) is 2. The summed E-state index contributed by atoms with van der Waals surface area (Å²) in [7, 11) is 0. The standard InChI is InChI=1S/C10H11BrO4/c1-3-15-10(14)8-5(2)9(11)7(13)4-6(8)12/h4,12-13H,3H2,1-2H3. The second-order valence-corrected chi connectivity index (χ2v) is 3.74. The molecule has 0 bridgehead atoms. The molecule has 0 aliphatic rings. The minimum absolute atomic E-state index is 0.0709. The highest BCUT2D eigenvalue weighted by molar-refractivity contribution is 9.10. The Labute approximate surface area is 95.6 Å². The molecule has 0 heterocycles. The van der Waals surface area contributed by atoms with E-state index in [0.29, 0.717) is 10.0 Å². The number of rotatable bonds is 2. The van der Waals surface area contributed by atoms with E-state index in [9.17, 15) is 15.0 Å². The Balaban J connectivity index is 3.29. The largest absolute Gasteiger partial charge is 0.507 e. The van der Waals surface area contributed by atoms with Gasteiger partial charge in [-0.05, 0) is 35.3 Å². The van der Waals surface area contributed by atoms with E-state index in [0.717, 1.165) is 6.07 Å². The van der Waals surface area contributed by atoms with Gasteiger partial charge >= 0.3 is 5.97 Å². The van der Waals surface area contributed by atoms with Gasteiger partial charge in [-0.25, -0.2) is 4.79 Å². The van der Waals surface area contributed by atoms with Gasteiger partial charge in [-0.1, -0.05) is 0 Å². The van der Waals surface area contributed by atoms with E-state index in [2.05, 4.69) is 15.9 Å². The van der Waals surface area contributed by atoms with E-state index in [4.69, 9.17) is 4.74 Å². The maximum absolute atomic E-state index is 11.5. The molecular weight excluding hydrogens is 264 g/mol. The van der Waals surface area contributed by atoms with Gasteiger partial charge in [0, 0.05) is 6.07 Å². The predicted molar refractivity (Wildman–Crippen MR) is 58.2 cm³/mol. The van der Waals surface area contributed by atoms with Crippen molar-refractivity contribution in [2.24, 2.45) is 0 Å². The molecule has 1 aromatic carbocycles. The van der Waals surface area contributed by atoms with Crippen LogP contribution < -0.4 is 0 Å². The molecule has 0 atom stereocenters. The van der Waals surface area contributed by atoms with Gasteiger partial charge in [0.05, 0.1) is 11.1 Å². The van der Waals surface area contributed by atoms with Crippen molar-refractivity contribution >= 4 is 21.9 Å². The zero-order chi connectivity index (χ0) is 11.6. The lowest BCUT2D eigenvalue weighted by atomic mass is 10.1. The van der Waals surface area contributed by atoms with Crippen LogP contribution in [-0.4, -0.2) is 22.8 Å². The third kappa shape index (κ3) is 2.23. The van der Waals surface area contributed by atoms with Crippen molar-refractivity contribution in [3.8, 4) is 11.5 Å². The van der Waals surface area contributed by atoms with Gasteiger partial charge < -0.3 is 14.9 Å². The van der Waals surface area contributed by atoms with Crippen LogP contribution in [0.1, 0.15) is 22.8 Å². The number of hydrogen-bond acceptors (Lipinski definition) is 4. The van der Waals surface area contributed by atoms with Gasteiger partial charge in [0.25, 0.3) is 0 Å². The van der Waals surface area contributed by atoms with Gasteiger partial charge in [0.1, 0.15) is 17.1 Å². The molecule has 4 nitrogen and oxygen atoms in total. The lowest BCUT2D eigenvalue weighted by Gasteiger charge is -2.10. The summed E-state index contributed by atoms with van der Waals surface area (Å²) >= 11 is 3.11. The summed E-state index contributed by atoms with van der Waals surface area (Å²) in [6, 6.07) is 1.10. The molecule has 0 aliphatic heterocycles. The number of carbonyl (C=O) groups is 1. The average molecular weight is 275 g/mol. The quantitative estimate of drug-likeness (QED) is 0.813. The first-order chi connectivity index (χ1) is 6.99. The van der Waals surface area contributed by atoms with E-state index in [1.807, 2.05) is 0 Å². The maximum Gasteiger partial charge on any atom is 0.342 e. The van der Waals surface area contributed by atoms with Crippen molar-refractivity contribution in [2.75, 3.05) is 6.61 Å². The van der Waals surface area contributed by atoms with Gasteiger partial charge in [-0.15, -0.1) is 0 Å². The normalized spacial score (nSPS) is 10.1. The summed E-state index contributed by atoms with van der Waals surface area (Å²) in [6.07, 6.45) is 0. The fourth-order valence-corrected chi connectivity index (χ4v) is 1.53. The second kappa shape index (κ2) is 4.53. The molecule has 0 aliphatic carbocycles. The predicted octanol–water partition coefficient (Wildman–Crippen LogP) is 2.35. The highest BCUT2D eigenvalue weighted by Crippen LogP contribution is 2.35. The summed E-state index contributed by atoms with van der Waals surface area (Å²) in [5, 5.41) is 18.9. The SMILES string of the molecule is CCOC(=O)c1c(O)cc(O)c(Br)c1C. The van der Waals surface area contributed by atoms with Crippen LogP contribution in [0.15, 0.2) is 10.5 Å². The summed E-state index contributed by atoms with van der Waals surface area (Å²) in [5.41, 5.74) is 0.521. The lowest BCUT2D eigenvalue weighted by molar-refractivity contribution is 0.0522. The second-order valence-electron chi connectivity index (χ2n) is 2.95. The molecule has 2 N–H and O–H groups in total. The first-order valence-electron chi connectivity index (χ1n) is 4.37. The van der Waals surface area contributed by atoms with Crippen LogP contribution in [0.3, 0.4) is 0 Å². The summed E-state index contributed by atoms with van der Waals surface area (Å²) in [6.45, 7) is 3.52. The fraction of sp³-hybridized carbons (Fsp3) is 0.300. The first kappa shape index (κ1) is 11.8. The summed E-state index contributed by atoms with van der Waals surface area (Å²) in [5.74, 6) is -1.00. The molecule has 1 rings (SSSR count). The molecule has 15 heavy (non-hydrogen) atoms. The topological polar surface area (TPSA) is 66.8 Å². The highest BCUT2D eigenvalue weighted by Gasteiger charge is 2.19. The van der Waals surface area contributed by atoms with E-state index in [1.165, 1.54) is 0 Å². The number of aromatic hydroxyl groups is 2. The zero-order valence-corrected chi connectivity index (χ0v) is 9.96. The van der Waals surface area contributed by atoms with Crippen molar-refractivity contribution in [3.63, 3.8) is 0 Å². The number of phenolic OH excluding ortho intramolecular Hbond substituents is 2. The van der Waals surface area contributed by atoms with Crippen LogP contribution in [0.5, 0.6) is 11.5 Å². The van der Waals surface area contributed by atoms with Crippen LogP contribution in [0.4, 0.5) is 0 Å². The maximum atomic E-state index is 11.5. The molecule has 5 heteroatoms. The highest BCUT2D eigenvalue weighted by atomic mass is 79.9. The van der Waals surface area contributed by atoms with Crippen molar-refractivity contribution in [1.29, 1.82) is 0 Å². The number of ether oxygens (including phenoxy) is 1. The number of benzene rings is 1. The van der Waals surface area contributed by atoms with Gasteiger partial charge in [-0.3, -0.25) is 0 Å². The zero-order valence-electron chi connectivity index (χ0n) is 8.37. The Morgan fingerprint density at radius 2 is 2.07 bits per heavy atom. The van der Waals surface area contributed by atoms with Crippen LogP contribution in [-0.2, 0) is 4.74 Å². The lowest BCUT2D eigenvalue weighted by Crippen LogP contribution is -2.07. The Morgan fingerprint density at radius 1 is 1.47 bits per heavy atom. The van der Waals surface area contributed by atoms with Gasteiger partial charge in [0.2, 0.25) is 0 Å². The van der Waals surface area contributed by atoms with Crippen LogP contribution in [0, 0.1) is 6.92 Å². The Kier molecular flexibility index (Phi) is 3.57. The number of esters is 1.